The van der Waals surface area contributed by atoms with Crippen LogP contribution >= 0.6 is 0 Å². The van der Waals surface area contributed by atoms with Gasteiger partial charge in [-0.2, -0.15) is 0 Å². The van der Waals surface area contributed by atoms with Gasteiger partial charge in [0.1, 0.15) is 5.82 Å². The van der Waals surface area contributed by atoms with Crippen LogP contribution in [0.15, 0.2) is 68.0 Å². The molecule has 1 fully saturated rings. The van der Waals surface area contributed by atoms with E-state index in [2.05, 4.69) is 36.8 Å². The van der Waals surface area contributed by atoms with Gasteiger partial charge in [0.25, 0.3) is 0 Å². The molecule has 0 atom stereocenters. The number of rotatable bonds is 8. The summed E-state index contributed by atoms with van der Waals surface area (Å²) in [6.45, 7) is 7.86. The van der Waals surface area contributed by atoms with E-state index in [1.807, 2.05) is 24.3 Å². The monoisotopic (exact) mass is 472 g/mol. The third-order valence-electron chi connectivity index (χ3n) is 5.70. The molecule has 180 valence electrons. The highest BCUT2D eigenvalue weighted by Crippen LogP contribution is 2.28. The summed E-state index contributed by atoms with van der Waals surface area (Å²) in [7, 11) is 0. The van der Waals surface area contributed by atoms with Crippen LogP contribution in [0.3, 0.4) is 0 Å². The third-order valence-corrected chi connectivity index (χ3v) is 5.70. The van der Waals surface area contributed by atoms with E-state index in [0.717, 1.165) is 36.8 Å². The lowest BCUT2D eigenvalue weighted by molar-refractivity contribution is -0.139. The number of ether oxygens (including phenoxy) is 3. The topological polar surface area (TPSA) is 44.8 Å². The molecule has 0 unspecified atom stereocenters. The van der Waals surface area contributed by atoms with E-state index < -0.39 is 0 Å². The molecule has 0 aliphatic heterocycles. The van der Waals surface area contributed by atoms with Crippen molar-refractivity contribution in [2.75, 3.05) is 13.4 Å². The molecule has 0 N–H and O–H groups in total. The Morgan fingerprint density at radius 3 is 2.43 bits per heavy atom. The lowest BCUT2D eigenvalue weighted by Gasteiger charge is -2.24. The van der Waals surface area contributed by atoms with Crippen LogP contribution < -0.4 is 0 Å². The summed E-state index contributed by atoms with van der Waals surface area (Å²) in [4.78, 5) is 11.2. The highest BCUT2D eigenvalue weighted by molar-refractivity contribution is 5.81. The molecule has 0 bridgehead atoms. The van der Waals surface area contributed by atoms with Crippen LogP contribution in [0.25, 0.3) is 0 Å². The maximum Gasteiger partial charge on any atom is 0.330 e. The second-order valence-corrected chi connectivity index (χ2v) is 8.26. The Morgan fingerprint density at radius 1 is 1.00 bits per heavy atom. The van der Waals surface area contributed by atoms with Crippen molar-refractivity contribution in [3.05, 3.63) is 96.0 Å². The molecule has 0 amide bonds. The van der Waals surface area contributed by atoms with Gasteiger partial charge < -0.3 is 14.2 Å². The first-order valence-corrected chi connectivity index (χ1v) is 11.6. The first-order valence-electron chi connectivity index (χ1n) is 11.6. The molecule has 4 nitrogen and oxygen atoms in total. The summed E-state index contributed by atoms with van der Waals surface area (Å²) in [6, 6.07) is 12.5. The fraction of sp³-hybridized carbons (Fsp3) is 0.300. The Morgan fingerprint density at radius 2 is 1.74 bits per heavy atom. The van der Waals surface area contributed by atoms with E-state index >= 15 is 0 Å². The van der Waals surface area contributed by atoms with E-state index in [-0.39, 0.29) is 24.5 Å². The van der Waals surface area contributed by atoms with E-state index in [1.165, 1.54) is 18.4 Å². The Balaban J connectivity index is 1.51. The summed E-state index contributed by atoms with van der Waals surface area (Å²) in [5.41, 5.74) is 2.75. The number of hydrogen-bond donors (Lipinski definition) is 0. The largest absolute Gasteiger partial charge is 0.476 e. The van der Waals surface area contributed by atoms with Crippen molar-refractivity contribution in [3.63, 3.8) is 0 Å². The molecule has 1 saturated carbocycles. The minimum absolute atomic E-state index is 0.154. The molecule has 0 heterocycles. The smallest absolute Gasteiger partial charge is 0.330 e. The van der Waals surface area contributed by atoms with Gasteiger partial charge in [0.2, 0.25) is 0 Å². The van der Waals surface area contributed by atoms with Gasteiger partial charge in [-0.05, 0) is 67.5 Å². The third kappa shape index (κ3) is 8.81. The Hall–Kier alpha value is -3.80. The molecule has 0 spiro atoms. The summed E-state index contributed by atoms with van der Waals surface area (Å²) in [5, 5.41) is 0. The Bertz CT molecular complexity index is 1140. The van der Waals surface area contributed by atoms with Crippen LogP contribution in [-0.4, -0.2) is 19.4 Å². The highest BCUT2D eigenvalue weighted by atomic mass is 19.1. The number of carbonyl (C=O) groups is 1. The summed E-state index contributed by atoms with van der Waals surface area (Å²) in [6.07, 6.45) is 6.34. The van der Waals surface area contributed by atoms with Gasteiger partial charge in [0, 0.05) is 23.1 Å². The minimum atomic E-state index is -0.385. The standard InChI is InChI=1S/C30H29FO4/c1-3-30(32)35-21-27-13-8-23(9-14-27)5-10-25-16-18-28(29(31)19-25)17-15-24-6-11-26(12-7-24)20-34-22-33-4-2/h3-4,6-7,11-12,16,18-19,23,27H,1-2,8-9,13-14,20-22H2. The van der Waals surface area contributed by atoms with Crippen molar-refractivity contribution in [3.8, 4) is 23.7 Å². The normalized spacial score (nSPS) is 16.6. The van der Waals surface area contributed by atoms with Crippen LogP contribution in [0.5, 0.6) is 0 Å². The molecule has 1 aliphatic rings. The molecule has 0 radical (unpaired) electrons. The van der Waals surface area contributed by atoms with Gasteiger partial charge in [-0.15, -0.1) is 0 Å². The van der Waals surface area contributed by atoms with Crippen molar-refractivity contribution >= 4 is 5.97 Å². The second-order valence-electron chi connectivity index (χ2n) is 8.26. The summed E-state index contributed by atoms with van der Waals surface area (Å²) >= 11 is 0. The SMILES string of the molecule is C=COCOCc1ccc(C#Cc2ccc(C#CC3CCC(COC(=O)C=C)CC3)cc2F)cc1. The van der Waals surface area contributed by atoms with Gasteiger partial charge in [0.15, 0.2) is 6.79 Å². The van der Waals surface area contributed by atoms with Crippen LogP contribution in [0.1, 0.15) is 47.9 Å². The quantitative estimate of drug-likeness (QED) is 0.123. The number of hydrogen-bond acceptors (Lipinski definition) is 4. The molecule has 0 saturated heterocycles. The van der Waals surface area contributed by atoms with Crippen molar-refractivity contribution in [1.82, 2.24) is 0 Å². The van der Waals surface area contributed by atoms with E-state index in [4.69, 9.17) is 14.2 Å². The van der Waals surface area contributed by atoms with Crippen molar-refractivity contribution in [2.24, 2.45) is 11.8 Å². The first-order chi connectivity index (χ1) is 17.1. The Labute approximate surface area is 206 Å². The molecule has 1 aliphatic carbocycles. The van der Waals surface area contributed by atoms with Gasteiger partial charge >= 0.3 is 5.97 Å². The molecule has 0 aromatic heterocycles. The average Bonchev–Trinajstić information content (AvgIpc) is 2.89. The van der Waals surface area contributed by atoms with Gasteiger partial charge in [0.05, 0.1) is 25.0 Å². The van der Waals surface area contributed by atoms with Gasteiger partial charge in [-0.25, -0.2) is 9.18 Å². The first kappa shape index (κ1) is 25.8. The molecule has 35 heavy (non-hydrogen) atoms. The maximum absolute atomic E-state index is 14.6. The van der Waals surface area contributed by atoms with E-state index in [9.17, 15) is 9.18 Å². The number of halogens is 1. The molecule has 2 aromatic rings. The fourth-order valence-electron chi connectivity index (χ4n) is 3.69. The van der Waals surface area contributed by atoms with Crippen molar-refractivity contribution in [1.29, 1.82) is 0 Å². The predicted molar refractivity (Wildman–Crippen MR) is 133 cm³/mol. The fourth-order valence-corrected chi connectivity index (χ4v) is 3.69. The maximum atomic E-state index is 14.6. The highest BCUT2D eigenvalue weighted by Gasteiger charge is 2.20. The van der Waals surface area contributed by atoms with Crippen LogP contribution in [0.2, 0.25) is 0 Å². The molecular formula is C30H29FO4. The minimum Gasteiger partial charge on any atom is -0.476 e. The van der Waals surface area contributed by atoms with Gasteiger partial charge in [-0.3, -0.25) is 0 Å². The number of carbonyl (C=O) groups excluding carboxylic acids is 1. The van der Waals surface area contributed by atoms with Crippen molar-refractivity contribution < 1.29 is 23.4 Å². The summed E-state index contributed by atoms with van der Waals surface area (Å²) < 4.78 is 29.9. The van der Waals surface area contributed by atoms with Crippen LogP contribution in [0.4, 0.5) is 4.39 Å². The molecule has 5 heteroatoms. The van der Waals surface area contributed by atoms with Crippen LogP contribution in [-0.2, 0) is 25.6 Å². The molecule has 2 aromatic carbocycles. The summed E-state index contributed by atoms with van der Waals surface area (Å²) in [5.74, 6) is 12.1. The second kappa shape index (κ2) is 13.8. The zero-order valence-corrected chi connectivity index (χ0v) is 19.7. The predicted octanol–water partition coefficient (Wildman–Crippen LogP) is 5.75. The lowest BCUT2D eigenvalue weighted by atomic mass is 9.82. The Kier molecular flexibility index (Phi) is 10.2. The lowest BCUT2D eigenvalue weighted by Crippen LogP contribution is -2.19. The van der Waals surface area contributed by atoms with Crippen LogP contribution in [0, 0.1) is 41.3 Å². The zero-order valence-electron chi connectivity index (χ0n) is 19.7. The average molecular weight is 473 g/mol. The molecular weight excluding hydrogens is 443 g/mol. The molecule has 3 rings (SSSR count). The van der Waals surface area contributed by atoms with E-state index in [0.29, 0.717) is 30.3 Å². The van der Waals surface area contributed by atoms with Gasteiger partial charge in [-0.1, -0.05) is 49.0 Å². The zero-order chi connectivity index (χ0) is 24.9. The number of benzene rings is 2. The van der Waals surface area contributed by atoms with E-state index in [1.54, 1.807) is 12.1 Å². The van der Waals surface area contributed by atoms with Crippen molar-refractivity contribution in [2.45, 2.75) is 32.3 Å². The number of esters is 1.